The molecule has 4 aromatic rings. The number of benzene rings is 2. The first kappa shape index (κ1) is 18.1. The van der Waals surface area contributed by atoms with Crippen molar-refractivity contribution in [3.05, 3.63) is 65.7 Å². The lowest BCUT2D eigenvalue weighted by Crippen LogP contribution is -2.07. The van der Waals surface area contributed by atoms with E-state index in [1.807, 2.05) is 62.4 Å². The van der Waals surface area contributed by atoms with Gasteiger partial charge in [0.05, 0.1) is 11.3 Å². The second kappa shape index (κ2) is 7.77. The molecule has 0 unspecified atom stereocenters. The van der Waals surface area contributed by atoms with E-state index in [4.69, 9.17) is 5.73 Å². The van der Waals surface area contributed by atoms with Gasteiger partial charge in [0.25, 0.3) is 0 Å². The van der Waals surface area contributed by atoms with Crippen molar-refractivity contribution in [2.75, 3.05) is 11.1 Å². The minimum absolute atomic E-state index is 0.186. The molecule has 0 saturated heterocycles. The van der Waals surface area contributed by atoms with E-state index in [0.717, 1.165) is 33.0 Å². The van der Waals surface area contributed by atoms with Crippen LogP contribution in [0.4, 0.5) is 17.6 Å². The van der Waals surface area contributed by atoms with E-state index in [1.165, 1.54) is 0 Å². The molecule has 8 heteroatoms. The second-order valence-electron chi connectivity index (χ2n) is 6.26. The SMILES string of the molecule is Cc1nc(SCc2nc(N)nc(Nc3ccccc3C)n2)c2ccccc2n1. The van der Waals surface area contributed by atoms with E-state index in [1.54, 1.807) is 11.8 Å². The molecule has 0 fully saturated rings. The highest BCUT2D eigenvalue weighted by molar-refractivity contribution is 7.98. The molecule has 0 saturated carbocycles. The Balaban J connectivity index is 1.58. The molecule has 3 N–H and O–H groups in total. The maximum absolute atomic E-state index is 5.90. The van der Waals surface area contributed by atoms with Gasteiger partial charge in [0.2, 0.25) is 11.9 Å². The molecule has 2 aromatic carbocycles. The average molecular weight is 389 g/mol. The number of aryl methyl sites for hydroxylation is 2. The number of nitrogens with zero attached hydrogens (tertiary/aromatic N) is 5. The molecule has 140 valence electrons. The number of nitrogens with one attached hydrogen (secondary N) is 1. The second-order valence-corrected chi connectivity index (χ2v) is 7.22. The molecule has 28 heavy (non-hydrogen) atoms. The van der Waals surface area contributed by atoms with Gasteiger partial charge in [-0.2, -0.15) is 15.0 Å². The molecule has 2 heterocycles. The Morgan fingerprint density at radius 2 is 1.68 bits per heavy atom. The van der Waals surface area contributed by atoms with Crippen molar-refractivity contribution < 1.29 is 0 Å². The van der Waals surface area contributed by atoms with Crippen LogP contribution in [0.2, 0.25) is 0 Å². The number of anilines is 3. The monoisotopic (exact) mass is 389 g/mol. The smallest absolute Gasteiger partial charge is 0.232 e. The van der Waals surface area contributed by atoms with E-state index < -0.39 is 0 Å². The van der Waals surface area contributed by atoms with Crippen molar-refractivity contribution in [2.24, 2.45) is 0 Å². The van der Waals surface area contributed by atoms with Crippen molar-refractivity contribution in [3.8, 4) is 0 Å². The summed E-state index contributed by atoms with van der Waals surface area (Å²) in [5, 5.41) is 5.12. The average Bonchev–Trinajstić information content (AvgIpc) is 2.67. The van der Waals surface area contributed by atoms with Crippen molar-refractivity contribution >= 4 is 40.2 Å². The summed E-state index contributed by atoms with van der Waals surface area (Å²) >= 11 is 1.56. The van der Waals surface area contributed by atoms with Gasteiger partial charge < -0.3 is 11.1 Å². The maximum Gasteiger partial charge on any atom is 0.232 e. The Morgan fingerprint density at radius 3 is 2.54 bits per heavy atom. The molecule has 0 aliphatic rings. The Hall–Kier alpha value is -3.26. The van der Waals surface area contributed by atoms with Gasteiger partial charge in [0.1, 0.15) is 16.7 Å². The molecule has 7 nitrogen and oxygen atoms in total. The number of aromatic nitrogens is 5. The fraction of sp³-hybridized carbons (Fsp3) is 0.150. The van der Waals surface area contributed by atoms with Crippen LogP contribution in [0.1, 0.15) is 17.2 Å². The molecule has 2 aromatic heterocycles. The van der Waals surface area contributed by atoms with Gasteiger partial charge in [-0.15, -0.1) is 0 Å². The Labute approximate surface area is 166 Å². The molecular formula is C20H19N7S. The van der Waals surface area contributed by atoms with Crippen LogP contribution < -0.4 is 11.1 Å². The predicted octanol–water partition coefficient (Wildman–Crippen LogP) is 4.05. The molecule has 0 amide bonds. The van der Waals surface area contributed by atoms with E-state index in [0.29, 0.717) is 17.5 Å². The van der Waals surface area contributed by atoms with E-state index >= 15 is 0 Å². The molecular weight excluding hydrogens is 370 g/mol. The zero-order chi connectivity index (χ0) is 19.5. The molecule has 0 bridgehead atoms. The summed E-state index contributed by atoms with van der Waals surface area (Å²) in [5.74, 6) is 2.47. The first-order valence-electron chi connectivity index (χ1n) is 8.78. The molecule has 0 atom stereocenters. The maximum atomic E-state index is 5.90. The first-order chi connectivity index (χ1) is 13.6. The number of para-hydroxylation sites is 2. The van der Waals surface area contributed by atoms with E-state index in [2.05, 4.69) is 30.2 Å². The van der Waals surface area contributed by atoms with Gasteiger partial charge in [-0.05, 0) is 31.5 Å². The molecule has 0 spiro atoms. The van der Waals surface area contributed by atoms with E-state index in [9.17, 15) is 0 Å². The minimum Gasteiger partial charge on any atom is -0.368 e. The molecule has 4 rings (SSSR count). The number of rotatable bonds is 5. The predicted molar refractivity (Wildman–Crippen MR) is 113 cm³/mol. The van der Waals surface area contributed by atoms with Crippen LogP contribution in [0.3, 0.4) is 0 Å². The third-order valence-corrected chi connectivity index (χ3v) is 5.10. The summed E-state index contributed by atoms with van der Waals surface area (Å²) in [6, 6.07) is 15.9. The number of hydrogen-bond acceptors (Lipinski definition) is 8. The Morgan fingerprint density at radius 1 is 0.893 bits per heavy atom. The summed E-state index contributed by atoms with van der Waals surface area (Å²) in [6.45, 7) is 3.91. The summed E-state index contributed by atoms with van der Waals surface area (Å²) in [5.41, 5.74) is 8.86. The van der Waals surface area contributed by atoms with Gasteiger partial charge in [-0.1, -0.05) is 48.2 Å². The third-order valence-electron chi connectivity index (χ3n) is 4.11. The van der Waals surface area contributed by atoms with Gasteiger partial charge in [-0.25, -0.2) is 9.97 Å². The van der Waals surface area contributed by atoms with Crippen LogP contribution in [0, 0.1) is 13.8 Å². The van der Waals surface area contributed by atoms with Gasteiger partial charge in [0, 0.05) is 11.1 Å². The minimum atomic E-state index is 0.186. The zero-order valence-corrected chi connectivity index (χ0v) is 16.4. The van der Waals surface area contributed by atoms with Crippen molar-refractivity contribution in [1.29, 1.82) is 0 Å². The molecule has 0 radical (unpaired) electrons. The van der Waals surface area contributed by atoms with Gasteiger partial charge in [-0.3, -0.25) is 0 Å². The lowest BCUT2D eigenvalue weighted by Gasteiger charge is -2.10. The third kappa shape index (κ3) is 4.01. The fourth-order valence-corrected chi connectivity index (χ4v) is 3.71. The van der Waals surface area contributed by atoms with E-state index in [-0.39, 0.29) is 5.95 Å². The van der Waals surface area contributed by atoms with Gasteiger partial charge in [0.15, 0.2) is 0 Å². The van der Waals surface area contributed by atoms with Crippen molar-refractivity contribution in [1.82, 2.24) is 24.9 Å². The van der Waals surface area contributed by atoms with Gasteiger partial charge >= 0.3 is 0 Å². The highest BCUT2D eigenvalue weighted by atomic mass is 32.2. The highest BCUT2D eigenvalue weighted by Crippen LogP contribution is 2.27. The number of nitrogen functional groups attached to an aromatic ring is 1. The normalized spacial score (nSPS) is 10.9. The lowest BCUT2D eigenvalue weighted by molar-refractivity contribution is 0.973. The topological polar surface area (TPSA) is 102 Å². The fourth-order valence-electron chi connectivity index (χ4n) is 2.79. The number of hydrogen-bond donors (Lipinski definition) is 2. The number of nitrogens with two attached hydrogens (primary N) is 1. The quantitative estimate of drug-likeness (QED) is 0.389. The first-order valence-corrected chi connectivity index (χ1v) is 9.76. The number of fused-ring (bicyclic) bond motifs is 1. The largest absolute Gasteiger partial charge is 0.368 e. The zero-order valence-electron chi connectivity index (χ0n) is 15.5. The number of thioether (sulfide) groups is 1. The van der Waals surface area contributed by atoms with Crippen LogP contribution in [-0.4, -0.2) is 24.9 Å². The lowest BCUT2D eigenvalue weighted by atomic mass is 10.2. The summed E-state index contributed by atoms with van der Waals surface area (Å²) in [7, 11) is 0. The summed E-state index contributed by atoms with van der Waals surface area (Å²) in [6.07, 6.45) is 0. The standard InChI is InChI=1S/C20H19N7S/c1-12-7-3-5-9-15(12)24-20-26-17(25-19(21)27-20)11-28-18-14-8-4-6-10-16(14)22-13(2)23-18/h3-10H,11H2,1-2H3,(H3,21,24,25,26,27). The van der Waals surface area contributed by atoms with Crippen LogP contribution in [0.25, 0.3) is 10.9 Å². The van der Waals surface area contributed by atoms with Crippen LogP contribution in [0.5, 0.6) is 0 Å². The van der Waals surface area contributed by atoms with Crippen LogP contribution in [-0.2, 0) is 5.75 Å². The Bertz CT molecular complexity index is 1150. The van der Waals surface area contributed by atoms with Crippen molar-refractivity contribution in [3.63, 3.8) is 0 Å². The summed E-state index contributed by atoms with van der Waals surface area (Å²) < 4.78 is 0. The van der Waals surface area contributed by atoms with Crippen molar-refractivity contribution in [2.45, 2.75) is 24.6 Å². The van der Waals surface area contributed by atoms with Crippen LogP contribution in [0.15, 0.2) is 53.6 Å². The molecule has 0 aliphatic carbocycles. The molecule has 0 aliphatic heterocycles. The Kier molecular flexibility index (Phi) is 5.03. The summed E-state index contributed by atoms with van der Waals surface area (Å²) in [4.78, 5) is 22.0. The highest BCUT2D eigenvalue weighted by Gasteiger charge is 2.10. The van der Waals surface area contributed by atoms with Crippen LogP contribution >= 0.6 is 11.8 Å².